The van der Waals surface area contributed by atoms with Gasteiger partial charge in [-0.25, -0.2) is 0 Å². The van der Waals surface area contributed by atoms with Gasteiger partial charge in [0.25, 0.3) is 0 Å². The van der Waals surface area contributed by atoms with Crippen molar-refractivity contribution < 1.29 is 33.6 Å². The molecule has 11 heteroatoms. The molecule has 2 N–H and O–H groups in total. The lowest BCUT2D eigenvalue weighted by atomic mass is 9.75. The zero-order chi connectivity index (χ0) is 30.6. The number of nitrogens with zero attached hydrogens (tertiary/aromatic N) is 3. The normalized spacial score (nSPS) is 22.1. The van der Waals surface area contributed by atoms with Gasteiger partial charge in [0.05, 0.1) is 39.5 Å². The highest BCUT2D eigenvalue weighted by atomic mass is 16.5. The van der Waals surface area contributed by atoms with Gasteiger partial charge in [-0.15, -0.1) is 0 Å². The van der Waals surface area contributed by atoms with E-state index in [9.17, 15) is 20.0 Å². The number of ether oxygens (including phenoxy) is 4. The molecule has 42 heavy (non-hydrogen) atoms. The van der Waals surface area contributed by atoms with Crippen LogP contribution in [0.15, 0.2) is 11.8 Å². The highest BCUT2D eigenvalue weighted by Crippen LogP contribution is 2.58. The Kier molecular flexibility index (Phi) is 7.45. The number of aromatic hydroxyl groups is 1. The van der Waals surface area contributed by atoms with Crippen molar-refractivity contribution >= 4 is 18.0 Å². The first-order valence-corrected chi connectivity index (χ1v) is 13.7. The molecule has 3 aliphatic heterocycles. The molecule has 0 aromatic heterocycles. The quantitative estimate of drug-likeness (QED) is 0.390. The molecule has 1 saturated heterocycles. The van der Waals surface area contributed by atoms with Gasteiger partial charge in [-0.3, -0.25) is 14.5 Å². The molecular formula is C31H36N4O7. The van der Waals surface area contributed by atoms with Gasteiger partial charge < -0.3 is 34.3 Å². The number of benzene rings is 2. The molecule has 3 heterocycles. The molecule has 1 fully saturated rings. The molecule has 0 saturated carbocycles. The highest BCUT2D eigenvalue weighted by molar-refractivity contribution is 5.81. The van der Waals surface area contributed by atoms with Crippen LogP contribution < -0.4 is 24.3 Å². The van der Waals surface area contributed by atoms with Gasteiger partial charge in [0.15, 0.2) is 23.0 Å². The third-order valence-electron chi connectivity index (χ3n) is 8.60. The van der Waals surface area contributed by atoms with Crippen molar-refractivity contribution in [3.05, 3.63) is 45.1 Å². The lowest BCUT2D eigenvalue weighted by Gasteiger charge is -2.57. The number of nitriles is 1. The molecule has 3 aliphatic rings. The zero-order valence-corrected chi connectivity index (χ0v) is 25.1. The number of hydrogen-bond acceptors (Lipinski definition) is 10. The predicted octanol–water partition coefficient (Wildman–Crippen LogP) is 3.30. The van der Waals surface area contributed by atoms with E-state index in [1.165, 1.54) is 35.2 Å². The molecule has 1 amide bonds. The molecule has 0 aliphatic carbocycles. The third-order valence-corrected chi connectivity index (χ3v) is 8.60. The lowest BCUT2D eigenvalue weighted by Crippen LogP contribution is -2.62. The number of likely N-dealkylation sites (N-methyl/N-ethyl adjacent to an activating group) is 1. The molecule has 4 atom stereocenters. The first-order valence-electron chi connectivity index (χ1n) is 13.7. The van der Waals surface area contributed by atoms with Crippen LogP contribution in [0, 0.1) is 25.2 Å². The standard InChI is InChI=1S/C31H36N4O7/c1-14-9-18-10-20-22(12-32)35-21(26(34(20)5)24(18)27(38)28(14)39-6)11-19-25(23(35)13-33-16(3)36)31(41-8)30(40-7)15(2)29(19)42-17(4)37/h9,11,20,22-23,26,38H,10,13H2,1-8H3,(H,33,36)/t20-,22+,23+,26+/m1/s1. The lowest BCUT2D eigenvalue weighted by molar-refractivity contribution is -0.132. The van der Waals surface area contributed by atoms with E-state index in [0.29, 0.717) is 57.4 Å². The Morgan fingerprint density at radius 3 is 2.31 bits per heavy atom. The average molecular weight is 577 g/mol. The average Bonchev–Trinajstić information content (AvgIpc) is 2.93. The van der Waals surface area contributed by atoms with Crippen LogP contribution in [0.2, 0.25) is 0 Å². The number of amides is 1. The number of fused-ring (bicyclic) bond motifs is 7. The molecule has 2 bridgehead atoms. The van der Waals surface area contributed by atoms with Crippen LogP contribution in [0.3, 0.4) is 0 Å². The van der Waals surface area contributed by atoms with Crippen LogP contribution in [0.5, 0.6) is 28.7 Å². The van der Waals surface area contributed by atoms with Crippen molar-refractivity contribution in [1.29, 1.82) is 5.26 Å². The van der Waals surface area contributed by atoms with E-state index < -0.39 is 24.1 Å². The molecule has 5 rings (SSSR count). The second kappa shape index (κ2) is 10.8. The summed E-state index contributed by atoms with van der Waals surface area (Å²) in [7, 11) is 6.50. The number of carbonyl (C=O) groups excluding carboxylic acids is 2. The summed E-state index contributed by atoms with van der Waals surface area (Å²) in [4.78, 5) is 28.7. The van der Waals surface area contributed by atoms with E-state index >= 15 is 0 Å². The Morgan fingerprint density at radius 2 is 1.74 bits per heavy atom. The van der Waals surface area contributed by atoms with E-state index in [0.717, 1.165) is 11.1 Å². The van der Waals surface area contributed by atoms with Gasteiger partial charge in [-0.1, -0.05) is 6.07 Å². The van der Waals surface area contributed by atoms with E-state index in [1.54, 1.807) is 6.92 Å². The predicted molar refractivity (Wildman–Crippen MR) is 154 cm³/mol. The van der Waals surface area contributed by atoms with Gasteiger partial charge in [-0.2, -0.15) is 5.26 Å². The Hall–Kier alpha value is -4.43. The highest BCUT2D eigenvalue weighted by Gasteiger charge is 2.53. The van der Waals surface area contributed by atoms with Gasteiger partial charge in [-0.05, 0) is 44.5 Å². The zero-order valence-electron chi connectivity index (χ0n) is 25.1. The maximum absolute atomic E-state index is 12.3. The van der Waals surface area contributed by atoms with Crippen molar-refractivity contribution in [3.8, 4) is 34.8 Å². The van der Waals surface area contributed by atoms with Crippen LogP contribution >= 0.6 is 0 Å². The van der Waals surface area contributed by atoms with Gasteiger partial charge in [0, 0.05) is 54.4 Å². The minimum atomic E-state index is -0.628. The summed E-state index contributed by atoms with van der Waals surface area (Å²) < 4.78 is 23.0. The van der Waals surface area contributed by atoms with Crippen molar-refractivity contribution in [2.75, 3.05) is 34.9 Å². The molecule has 222 valence electrons. The molecular weight excluding hydrogens is 540 g/mol. The van der Waals surface area contributed by atoms with Crippen molar-refractivity contribution in [3.63, 3.8) is 0 Å². The number of nitrogens with one attached hydrogen (secondary N) is 1. The number of phenolic OH excluding ortho intramolecular Hbond substituents is 1. The Bertz CT molecular complexity index is 1560. The Balaban J connectivity index is 1.90. The molecule has 11 nitrogen and oxygen atoms in total. The number of rotatable bonds is 6. The van der Waals surface area contributed by atoms with Gasteiger partial charge in [0.1, 0.15) is 11.8 Å². The largest absolute Gasteiger partial charge is 0.504 e. The topological polar surface area (TPSA) is 134 Å². The second-order valence-electron chi connectivity index (χ2n) is 10.9. The third kappa shape index (κ3) is 4.20. The van der Waals surface area contributed by atoms with Crippen molar-refractivity contribution in [2.45, 2.75) is 58.3 Å². The van der Waals surface area contributed by atoms with E-state index in [2.05, 4.69) is 16.3 Å². The SMILES string of the molecule is COc1c(C)cc2c(c1O)[C@@H]1C3=Cc4c(OC(C)=O)c(C)c(OC)c(OC)c4[C@H](CNC(C)=O)N3[C@@H](C#N)[C@@H](C2)N1C. The minimum Gasteiger partial charge on any atom is -0.504 e. The number of methoxy groups -OCH3 is 3. The van der Waals surface area contributed by atoms with E-state index in [1.807, 2.05) is 31.0 Å². The van der Waals surface area contributed by atoms with E-state index in [-0.39, 0.29) is 24.2 Å². The molecule has 2 aromatic rings. The molecule has 0 spiro atoms. The van der Waals surface area contributed by atoms with Crippen LogP contribution in [0.4, 0.5) is 0 Å². The molecule has 0 unspecified atom stereocenters. The molecule has 2 aromatic carbocycles. The smallest absolute Gasteiger partial charge is 0.308 e. The summed E-state index contributed by atoms with van der Waals surface area (Å²) in [6, 6.07) is 2.62. The maximum atomic E-state index is 12.3. The number of hydrogen-bond donors (Lipinski definition) is 2. The monoisotopic (exact) mass is 576 g/mol. The Labute approximate surface area is 245 Å². The summed E-state index contributed by atoms with van der Waals surface area (Å²) in [5, 5.41) is 25.1. The van der Waals surface area contributed by atoms with Gasteiger partial charge in [0.2, 0.25) is 5.91 Å². The number of phenols is 1. The first-order chi connectivity index (χ1) is 20.0. The molecule has 0 radical (unpaired) electrons. The fourth-order valence-electron chi connectivity index (χ4n) is 6.98. The van der Waals surface area contributed by atoms with Crippen molar-refractivity contribution in [1.82, 2.24) is 15.1 Å². The fraction of sp³-hybridized carbons (Fsp3) is 0.452. The number of esters is 1. The summed E-state index contributed by atoms with van der Waals surface area (Å²) in [6.07, 6.45) is 2.42. The summed E-state index contributed by atoms with van der Waals surface area (Å²) in [5.41, 5.74) is 4.92. The van der Waals surface area contributed by atoms with Crippen LogP contribution in [-0.4, -0.2) is 73.8 Å². The minimum absolute atomic E-state index is 0.0481. The number of piperazine rings is 1. The second-order valence-corrected chi connectivity index (χ2v) is 10.9. The Morgan fingerprint density at radius 1 is 1.07 bits per heavy atom. The fourth-order valence-corrected chi connectivity index (χ4v) is 6.98. The van der Waals surface area contributed by atoms with E-state index in [4.69, 9.17) is 18.9 Å². The number of carbonyl (C=O) groups is 2. The maximum Gasteiger partial charge on any atom is 0.308 e. The summed E-state index contributed by atoms with van der Waals surface area (Å²) in [6.45, 7) is 6.56. The number of aryl methyl sites for hydroxylation is 1. The summed E-state index contributed by atoms with van der Waals surface area (Å²) in [5.74, 6) is 0.808. The van der Waals surface area contributed by atoms with Crippen LogP contribution in [0.25, 0.3) is 6.08 Å². The van der Waals surface area contributed by atoms with Crippen molar-refractivity contribution in [2.24, 2.45) is 0 Å². The summed E-state index contributed by atoms with van der Waals surface area (Å²) >= 11 is 0. The first kappa shape index (κ1) is 29.1. The van der Waals surface area contributed by atoms with Crippen LogP contribution in [0.1, 0.15) is 59.3 Å². The van der Waals surface area contributed by atoms with Gasteiger partial charge >= 0.3 is 5.97 Å². The van der Waals surface area contributed by atoms with Crippen LogP contribution in [-0.2, 0) is 16.0 Å².